The summed E-state index contributed by atoms with van der Waals surface area (Å²) in [6.07, 6.45) is 12.1. The van der Waals surface area contributed by atoms with Crippen molar-refractivity contribution in [3.63, 3.8) is 0 Å². The van der Waals surface area contributed by atoms with E-state index in [0.717, 1.165) is 19.3 Å². The number of allylic oxidation sites excluding steroid dienone is 4. The minimum Gasteiger partial charge on any atom is -0.462 e. The Morgan fingerprint density at radius 1 is 1.41 bits per heavy atom. The zero-order valence-corrected chi connectivity index (χ0v) is 13.0. The molecule has 0 unspecified atom stereocenters. The van der Waals surface area contributed by atoms with Gasteiger partial charge in [-0.3, -0.25) is 0 Å². The van der Waals surface area contributed by atoms with Gasteiger partial charge in [-0.2, -0.15) is 0 Å². The molecule has 0 aromatic rings. The fraction of sp³-hybridized carbons (Fsp3) is 0.467. The molecule has 0 N–H and O–H groups in total. The third-order valence-electron chi connectivity index (χ3n) is 3.91. The molecule has 0 radical (unpaired) electrons. The van der Waals surface area contributed by atoms with Crippen LogP contribution in [0.25, 0.3) is 0 Å². The van der Waals surface area contributed by atoms with Gasteiger partial charge in [0.2, 0.25) is 0 Å². The van der Waals surface area contributed by atoms with Gasteiger partial charge in [0.05, 0.1) is 12.4 Å². The minimum atomic E-state index is -3.50. The highest BCUT2D eigenvalue weighted by Gasteiger charge is 2.31. The first-order valence-electron chi connectivity index (χ1n) is 7.35. The molecule has 0 fully saturated rings. The number of esters is 1. The smallest absolute Gasteiger partial charge is 0.341 e. The van der Waals surface area contributed by atoms with Gasteiger partial charge >= 0.3 is 5.97 Å². The van der Waals surface area contributed by atoms with Crippen LogP contribution in [-0.4, -0.2) is 44.0 Å². The maximum absolute atomic E-state index is 12.3. The van der Waals surface area contributed by atoms with Crippen molar-refractivity contribution in [1.82, 2.24) is 4.90 Å². The summed E-state index contributed by atoms with van der Waals surface area (Å²) in [5.41, 5.74) is 0.206. The summed E-state index contributed by atoms with van der Waals surface area (Å²) in [5.74, 6) is -0.0544. The van der Waals surface area contributed by atoms with Gasteiger partial charge in [0, 0.05) is 12.7 Å². The molecule has 2 aliphatic heterocycles. The molecule has 0 bridgehead atoms. The molecular formula is C15H18N2O4S. The second-order valence-electron chi connectivity index (χ2n) is 5.57. The van der Waals surface area contributed by atoms with Crippen LogP contribution in [-0.2, 0) is 19.6 Å². The highest BCUT2D eigenvalue weighted by Crippen LogP contribution is 2.21. The quantitative estimate of drug-likeness (QED) is 0.579. The molecule has 3 aliphatic rings. The van der Waals surface area contributed by atoms with Crippen molar-refractivity contribution in [2.24, 2.45) is 10.3 Å². The third-order valence-corrected chi connectivity index (χ3v) is 5.05. The largest absolute Gasteiger partial charge is 0.462 e. The summed E-state index contributed by atoms with van der Waals surface area (Å²) in [5, 5.41) is 0. The molecule has 1 aliphatic carbocycles. The van der Waals surface area contributed by atoms with Crippen molar-refractivity contribution in [3.8, 4) is 0 Å². The van der Waals surface area contributed by atoms with Gasteiger partial charge < -0.3 is 9.64 Å². The van der Waals surface area contributed by atoms with Crippen molar-refractivity contribution < 1.29 is 17.9 Å². The van der Waals surface area contributed by atoms with Gasteiger partial charge in [0.25, 0.3) is 10.0 Å². The normalized spacial score (nSPS) is 26.0. The van der Waals surface area contributed by atoms with Crippen molar-refractivity contribution in [2.75, 3.05) is 18.9 Å². The Morgan fingerprint density at radius 3 is 3.05 bits per heavy atom. The molecule has 0 aromatic carbocycles. The molecule has 0 amide bonds. The zero-order chi connectivity index (χ0) is 15.6. The molecule has 0 saturated heterocycles. The van der Waals surface area contributed by atoms with Crippen LogP contribution in [0.5, 0.6) is 0 Å². The Labute approximate surface area is 129 Å². The van der Waals surface area contributed by atoms with E-state index in [4.69, 9.17) is 4.74 Å². The fourth-order valence-electron chi connectivity index (χ4n) is 2.65. The van der Waals surface area contributed by atoms with E-state index in [9.17, 15) is 13.2 Å². The summed E-state index contributed by atoms with van der Waals surface area (Å²) in [6, 6.07) is 0. The number of ether oxygens (including phenoxy) is 1. The molecule has 6 nitrogen and oxygen atoms in total. The van der Waals surface area contributed by atoms with Crippen LogP contribution in [0.2, 0.25) is 0 Å². The molecule has 0 saturated carbocycles. The van der Waals surface area contributed by atoms with Gasteiger partial charge in [0.1, 0.15) is 5.57 Å². The summed E-state index contributed by atoms with van der Waals surface area (Å²) in [7, 11) is -3.50. The summed E-state index contributed by atoms with van der Waals surface area (Å²) in [4.78, 5) is 13.9. The van der Waals surface area contributed by atoms with Crippen LogP contribution >= 0.6 is 0 Å². The van der Waals surface area contributed by atoms with E-state index in [-0.39, 0.29) is 17.2 Å². The van der Waals surface area contributed by atoms with Gasteiger partial charge in [-0.1, -0.05) is 12.2 Å². The zero-order valence-electron chi connectivity index (χ0n) is 12.1. The van der Waals surface area contributed by atoms with E-state index in [1.807, 2.05) is 0 Å². The van der Waals surface area contributed by atoms with Gasteiger partial charge in [0.15, 0.2) is 5.84 Å². The number of rotatable bonds is 3. The molecule has 7 heteroatoms. The van der Waals surface area contributed by atoms with Crippen LogP contribution in [0.15, 0.2) is 40.5 Å². The number of hydrogen-bond acceptors (Lipinski definition) is 5. The van der Waals surface area contributed by atoms with Crippen LogP contribution in [0.3, 0.4) is 0 Å². The number of sulfonamides is 1. The predicted molar refractivity (Wildman–Crippen MR) is 82.6 cm³/mol. The first-order chi connectivity index (χ1) is 10.6. The average Bonchev–Trinajstić information content (AvgIpc) is 2.52. The lowest BCUT2D eigenvalue weighted by atomic mass is 9.95. The Morgan fingerprint density at radius 2 is 2.27 bits per heavy atom. The number of hydrogen-bond donors (Lipinski definition) is 0. The Balaban J connectivity index is 1.71. The summed E-state index contributed by atoms with van der Waals surface area (Å²) < 4.78 is 32.4. The molecule has 3 rings (SSSR count). The maximum atomic E-state index is 12.3. The van der Waals surface area contributed by atoms with Crippen molar-refractivity contribution in [2.45, 2.75) is 19.3 Å². The van der Waals surface area contributed by atoms with E-state index in [1.165, 1.54) is 0 Å². The number of carbonyl (C=O) groups excluding carboxylic acids is 1. The lowest BCUT2D eigenvalue weighted by molar-refractivity contribution is -0.139. The minimum absolute atomic E-state index is 0.0441. The highest BCUT2D eigenvalue weighted by molar-refractivity contribution is 7.90. The third kappa shape index (κ3) is 3.30. The molecule has 118 valence electrons. The predicted octanol–water partition coefficient (Wildman–Crippen LogP) is 1.38. The number of carbonyl (C=O) groups is 1. The first kappa shape index (κ1) is 15.0. The van der Waals surface area contributed by atoms with Crippen molar-refractivity contribution >= 4 is 21.8 Å². The van der Waals surface area contributed by atoms with Crippen LogP contribution < -0.4 is 0 Å². The Hall–Kier alpha value is -1.89. The van der Waals surface area contributed by atoms with Crippen LogP contribution in [0, 0.1) is 5.92 Å². The summed E-state index contributed by atoms with van der Waals surface area (Å²) >= 11 is 0. The second-order valence-corrected chi connectivity index (χ2v) is 7.32. The number of amidine groups is 1. The Bertz CT molecular complexity index is 688. The molecule has 1 atom stereocenters. The van der Waals surface area contributed by atoms with E-state index in [0.29, 0.717) is 19.1 Å². The molecule has 0 spiro atoms. The van der Waals surface area contributed by atoms with E-state index in [2.05, 4.69) is 16.5 Å². The first-order valence-corrected chi connectivity index (χ1v) is 8.96. The molecule has 0 aromatic heterocycles. The van der Waals surface area contributed by atoms with Crippen LogP contribution in [0.4, 0.5) is 0 Å². The fourth-order valence-corrected chi connectivity index (χ4v) is 3.64. The molecular weight excluding hydrogens is 304 g/mol. The van der Waals surface area contributed by atoms with Gasteiger partial charge in [-0.15, -0.1) is 4.40 Å². The van der Waals surface area contributed by atoms with Gasteiger partial charge in [-0.05, 0) is 37.3 Å². The Kier molecular flexibility index (Phi) is 4.15. The lowest BCUT2D eigenvalue weighted by Crippen LogP contribution is -2.40. The molecule has 2 heterocycles. The number of nitrogens with zero attached hydrogens (tertiary/aromatic N) is 2. The number of fused-ring (bicyclic) bond motifs is 1. The lowest BCUT2D eigenvalue weighted by Gasteiger charge is -2.28. The van der Waals surface area contributed by atoms with E-state index >= 15 is 0 Å². The molecule has 22 heavy (non-hydrogen) atoms. The maximum Gasteiger partial charge on any atom is 0.341 e. The van der Waals surface area contributed by atoms with Gasteiger partial charge in [-0.25, -0.2) is 13.2 Å². The monoisotopic (exact) mass is 322 g/mol. The van der Waals surface area contributed by atoms with Crippen LogP contribution in [0.1, 0.15) is 19.3 Å². The SMILES string of the molecule is O=C(OC[C@@H]1CC=CCC1)C1=CC=CN2CCS(=O)(=O)N=C12. The van der Waals surface area contributed by atoms with Crippen molar-refractivity contribution in [3.05, 3.63) is 36.1 Å². The average molecular weight is 322 g/mol. The second kappa shape index (κ2) is 6.08. The van der Waals surface area contributed by atoms with Crippen molar-refractivity contribution in [1.29, 1.82) is 0 Å². The highest BCUT2D eigenvalue weighted by atomic mass is 32.2. The standard InChI is InChI=1S/C15H18N2O4S/c18-15(21-11-12-5-2-1-3-6-12)13-7-4-8-17-9-10-22(19,20)16-14(13)17/h1-2,4,7-8,12H,3,5-6,9-11H2/t12-/m1/s1. The summed E-state index contributed by atoms with van der Waals surface area (Å²) in [6.45, 7) is 0.653. The van der Waals surface area contributed by atoms with E-state index < -0.39 is 16.0 Å². The topological polar surface area (TPSA) is 76.0 Å². The van der Waals surface area contributed by atoms with E-state index in [1.54, 1.807) is 23.3 Å².